The standard InChI is InChI=1S/C16H28N2O/c1-4-17-11-16-14(8-10-19-16)12-18(15-5-6-15)9-7-13(2)3/h8,10,13,15,17H,4-7,9,11-12H2,1-3H3. The second-order valence-corrected chi connectivity index (χ2v) is 6.03. The summed E-state index contributed by atoms with van der Waals surface area (Å²) < 4.78 is 5.60. The molecule has 1 heterocycles. The van der Waals surface area contributed by atoms with Crippen molar-refractivity contribution < 1.29 is 4.42 Å². The van der Waals surface area contributed by atoms with Crippen LogP contribution in [0.2, 0.25) is 0 Å². The Balaban J connectivity index is 1.90. The van der Waals surface area contributed by atoms with Gasteiger partial charge in [-0.05, 0) is 44.3 Å². The fourth-order valence-corrected chi connectivity index (χ4v) is 2.37. The van der Waals surface area contributed by atoms with E-state index in [9.17, 15) is 0 Å². The summed E-state index contributed by atoms with van der Waals surface area (Å²) in [4.78, 5) is 2.64. The van der Waals surface area contributed by atoms with Gasteiger partial charge in [0.05, 0.1) is 12.8 Å². The Morgan fingerprint density at radius 1 is 1.42 bits per heavy atom. The summed E-state index contributed by atoms with van der Waals surface area (Å²) in [5, 5.41) is 3.35. The largest absolute Gasteiger partial charge is 0.468 e. The second kappa shape index (κ2) is 7.11. The molecule has 0 bridgehead atoms. The van der Waals surface area contributed by atoms with Crippen molar-refractivity contribution in [2.45, 2.75) is 59.2 Å². The van der Waals surface area contributed by atoms with E-state index in [-0.39, 0.29) is 0 Å². The highest BCUT2D eigenvalue weighted by atomic mass is 16.3. The van der Waals surface area contributed by atoms with Gasteiger partial charge < -0.3 is 9.73 Å². The molecule has 1 fully saturated rings. The normalized spacial score (nSPS) is 15.6. The summed E-state index contributed by atoms with van der Waals surface area (Å²) in [6, 6.07) is 2.96. The van der Waals surface area contributed by atoms with Gasteiger partial charge in [0.1, 0.15) is 5.76 Å². The highest BCUT2D eigenvalue weighted by Gasteiger charge is 2.29. The van der Waals surface area contributed by atoms with Gasteiger partial charge in [0, 0.05) is 18.2 Å². The summed E-state index contributed by atoms with van der Waals surface area (Å²) in [5.74, 6) is 1.89. The zero-order valence-corrected chi connectivity index (χ0v) is 12.6. The number of nitrogens with one attached hydrogen (secondary N) is 1. The van der Waals surface area contributed by atoms with E-state index in [1.165, 1.54) is 31.4 Å². The van der Waals surface area contributed by atoms with E-state index < -0.39 is 0 Å². The minimum Gasteiger partial charge on any atom is -0.468 e. The van der Waals surface area contributed by atoms with Crippen LogP contribution in [0.3, 0.4) is 0 Å². The summed E-state index contributed by atoms with van der Waals surface area (Å²) in [6.45, 7) is 10.8. The average molecular weight is 264 g/mol. The quantitative estimate of drug-likeness (QED) is 0.741. The molecule has 0 unspecified atom stereocenters. The zero-order valence-electron chi connectivity index (χ0n) is 12.6. The van der Waals surface area contributed by atoms with E-state index in [1.54, 1.807) is 0 Å². The lowest BCUT2D eigenvalue weighted by Gasteiger charge is -2.22. The molecule has 108 valence electrons. The number of nitrogens with zero attached hydrogens (tertiary/aromatic N) is 1. The van der Waals surface area contributed by atoms with Crippen LogP contribution in [-0.2, 0) is 13.1 Å². The van der Waals surface area contributed by atoms with Crippen LogP contribution in [0.1, 0.15) is 51.4 Å². The molecule has 2 rings (SSSR count). The van der Waals surface area contributed by atoms with Crippen LogP contribution in [0.15, 0.2) is 16.7 Å². The topological polar surface area (TPSA) is 28.4 Å². The molecule has 0 spiro atoms. The van der Waals surface area contributed by atoms with E-state index in [4.69, 9.17) is 4.42 Å². The zero-order chi connectivity index (χ0) is 13.7. The summed E-state index contributed by atoms with van der Waals surface area (Å²) >= 11 is 0. The molecule has 3 nitrogen and oxygen atoms in total. The highest BCUT2D eigenvalue weighted by Crippen LogP contribution is 2.29. The molecule has 0 aromatic carbocycles. The lowest BCUT2D eigenvalue weighted by atomic mass is 10.1. The van der Waals surface area contributed by atoms with Gasteiger partial charge in [0.25, 0.3) is 0 Å². The Morgan fingerprint density at radius 2 is 2.21 bits per heavy atom. The Morgan fingerprint density at radius 3 is 2.84 bits per heavy atom. The van der Waals surface area contributed by atoms with E-state index >= 15 is 0 Å². The summed E-state index contributed by atoms with van der Waals surface area (Å²) in [6.07, 6.45) is 5.86. The molecular formula is C16H28N2O. The van der Waals surface area contributed by atoms with Crippen LogP contribution in [0.5, 0.6) is 0 Å². The first kappa shape index (κ1) is 14.6. The Bertz CT molecular complexity index is 369. The molecule has 0 saturated heterocycles. The maximum absolute atomic E-state index is 5.60. The van der Waals surface area contributed by atoms with E-state index in [2.05, 4.69) is 37.1 Å². The third-order valence-corrected chi connectivity index (χ3v) is 3.80. The van der Waals surface area contributed by atoms with Crippen molar-refractivity contribution in [2.75, 3.05) is 13.1 Å². The summed E-state index contributed by atoms with van der Waals surface area (Å²) in [5.41, 5.74) is 1.36. The van der Waals surface area contributed by atoms with Crippen LogP contribution in [0.25, 0.3) is 0 Å². The minimum absolute atomic E-state index is 0.784. The first-order valence-corrected chi connectivity index (χ1v) is 7.70. The molecule has 1 aromatic heterocycles. The van der Waals surface area contributed by atoms with Gasteiger partial charge in [0.15, 0.2) is 0 Å². The van der Waals surface area contributed by atoms with Gasteiger partial charge in [-0.15, -0.1) is 0 Å². The number of rotatable bonds is 9. The number of furan rings is 1. The number of hydrogen-bond donors (Lipinski definition) is 1. The second-order valence-electron chi connectivity index (χ2n) is 6.03. The van der Waals surface area contributed by atoms with Crippen molar-refractivity contribution >= 4 is 0 Å². The van der Waals surface area contributed by atoms with E-state index in [0.29, 0.717) is 0 Å². The molecule has 1 aliphatic carbocycles. The molecule has 1 N–H and O–H groups in total. The molecule has 0 aliphatic heterocycles. The van der Waals surface area contributed by atoms with Crippen molar-refractivity contribution in [3.63, 3.8) is 0 Å². The Kier molecular flexibility index (Phi) is 5.46. The fraction of sp³-hybridized carbons (Fsp3) is 0.750. The predicted octanol–water partition coefficient (Wildman–Crippen LogP) is 3.40. The van der Waals surface area contributed by atoms with Gasteiger partial charge in [-0.1, -0.05) is 20.8 Å². The molecule has 1 aromatic rings. The van der Waals surface area contributed by atoms with Crippen molar-refractivity contribution in [1.82, 2.24) is 10.2 Å². The Labute approximate surface area is 117 Å². The van der Waals surface area contributed by atoms with Crippen LogP contribution in [-0.4, -0.2) is 24.0 Å². The van der Waals surface area contributed by atoms with Crippen LogP contribution < -0.4 is 5.32 Å². The average Bonchev–Trinajstić information content (AvgIpc) is 3.13. The van der Waals surface area contributed by atoms with Crippen LogP contribution >= 0.6 is 0 Å². The van der Waals surface area contributed by atoms with Gasteiger partial charge in [-0.25, -0.2) is 0 Å². The van der Waals surface area contributed by atoms with Gasteiger partial charge in [0.2, 0.25) is 0 Å². The van der Waals surface area contributed by atoms with Gasteiger partial charge in [-0.3, -0.25) is 4.90 Å². The molecule has 0 atom stereocenters. The summed E-state index contributed by atoms with van der Waals surface area (Å²) in [7, 11) is 0. The molecule has 1 aliphatic rings. The van der Waals surface area contributed by atoms with Crippen molar-refractivity contribution in [1.29, 1.82) is 0 Å². The van der Waals surface area contributed by atoms with Crippen molar-refractivity contribution in [3.05, 3.63) is 23.7 Å². The molecular weight excluding hydrogens is 236 g/mol. The van der Waals surface area contributed by atoms with Gasteiger partial charge in [-0.2, -0.15) is 0 Å². The fourth-order valence-electron chi connectivity index (χ4n) is 2.37. The lowest BCUT2D eigenvalue weighted by Crippen LogP contribution is -2.28. The third kappa shape index (κ3) is 4.66. The molecule has 1 saturated carbocycles. The van der Waals surface area contributed by atoms with Crippen molar-refractivity contribution in [2.24, 2.45) is 5.92 Å². The monoisotopic (exact) mass is 264 g/mol. The minimum atomic E-state index is 0.784. The highest BCUT2D eigenvalue weighted by molar-refractivity contribution is 5.17. The number of hydrogen-bond acceptors (Lipinski definition) is 3. The third-order valence-electron chi connectivity index (χ3n) is 3.80. The predicted molar refractivity (Wildman–Crippen MR) is 79.0 cm³/mol. The molecule has 0 amide bonds. The van der Waals surface area contributed by atoms with Crippen LogP contribution in [0, 0.1) is 5.92 Å². The smallest absolute Gasteiger partial charge is 0.122 e. The maximum Gasteiger partial charge on any atom is 0.122 e. The first-order valence-electron chi connectivity index (χ1n) is 7.70. The van der Waals surface area contributed by atoms with E-state index in [1.807, 2.05) is 6.26 Å². The maximum atomic E-state index is 5.60. The van der Waals surface area contributed by atoms with Gasteiger partial charge >= 0.3 is 0 Å². The Hall–Kier alpha value is -0.800. The first-order chi connectivity index (χ1) is 9.20. The SMILES string of the molecule is CCNCc1occc1CN(CCC(C)C)C1CC1. The van der Waals surface area contributed by atoms with Crippen LogP contribution in [0.4, 0.5) is 0 Å². The lowest BCUT2D eigenvalue weighted by molar-refractivity contribution is 0.237. The molecule has 0 radical (unpaired) electrons. The van der Waals surface area contributed by atoms with Crippen molar-refractivity contribution in [3.8, 4) is 0 Å². The molecule has 3 heteroatoms. The molecule has 19 heavy (non-hydrogen) atoms. The van der Waals surface area contributed by atoms with E-state index in [0.717, 1.165) is 37.4 Å².